The highest BCUT2D eigenvalue weighted by molar-refractivity contribution is 5.86. The van der Waals surface area contributed by atoms with Crippen molar-refractivity contribution in [3.63, 3.8) is 0 Å². The number of benzene rings is 2. The van der Waals surface area contributed by atoms with Crippen molar-refractivity contribution in [3.8, 4) is 17.0 Å². The number of rotatable bonds is 10. The number of carbonyl (C=O) groups excluding carboxylic acids is 1. The van der Waals surface area contributed by atoms with Crippen LogP contribution in [-0.4, -0.2) is 29.2 Å². The molecule has 1 aromatic heterocycles. The molecule has 0 spiro atoms. The smallest absolute Gasteiger partial charge is 0.330 e. The first kappa shape index (κ1) is 21.5. The first-order valence-electron chi connectivity index (χ1n) is 10.4. The molecule has 0 bridgehead atoms. The van der Waals surface area contributed by atoms with Gasteiger partial charge in [0, 0.05) is 11.6 Å². The van der Waals surface area contributed by atoms with Crippen LogP contribution in [0.1, 0.15) is 36.9 Å². The van der Waals surface area contributed by atoms with Crippen LogP contribution >= 0.6 is 0 Å². The molecule has 0 amide bonds. The van der Waals surface area contributed by atoms with E-state index in [1.807, 2.05) is 56.3 Å². The van der Waals surface area contributed by atoms with Crippen LogP contribution in [0.3, 0.4) is 0 Å². The molecule has 0 atom stereocenters. The largest absolute Gasteiger partial charge is 0.491 e. The van der Waals surface area contributed by atoms with Gasteiger partial charge in [-0.1, -0.05) is 43.0 Å². The average Bonchev–Trinajstić information content (AvgIpc) is 2.77. The summed E-state index contributed by atoms with van der Waals surface area (Å²) >= 11 is 0. The Morgan fingerprint density at radius 2 is 1.67 bits per heavy atom. The zero-order chi connectivity index (χ0) is 21.3. The van der Waals surface area contributed by atoms with Crippen LogP contribution in [0, 0.1) is 13.8 Å². The molecule has 2 aromatic carbocycles. The molecule has 3 aromatic rings. The minimum Gasteiger partial charge on any atom is -0.491 e. The van der Waals surface area contributed by atoms with Crippen LogP contribution < -0.4 is 4.74 Å². The first-order chi connectivity index (χ1) is 14.6. The lowest BCUT2D eigenvalue weighted by Gasteiger charge is -2.13. The van der Waals surface area contributed by atoms with Gasteiger partial charge in [0.15, 0.2) is 0 Å². The van der Waals surface area contributed by atoms with E-state index in [4.69, 9.17) is 19.4 Å². The molecule has 156 valence electrons. The standard InChI is InChI=1S/C25H28N2O3/c1-4-22(28)30-17-11-6-5-10-16-29-21-15-14-18(2)23-25(21)27-24(19(3)26-23)20-12-8-7-9-13-20/h4,7-9,12-15H,1,5-6,10-11,16-17H2,2-3H3. The van der Waals surface area contributed by atoms with E-state index < -0.39 is 0 Å². The van der Waals surface area contributed by atoms with Gasteiger partial charge in [-0.3, -0.25) is 0 Å². The highest BCUT2D eigenvalue weighted by atomic mass is 16.5. The van der Waals surface area contributed by atoms with E-state index in [2.05, 4.69) is 6.58 Å². The summed E-state index contributed by atoms with van der Waals surface area (Å²) in [7, 11) is 0. The maximum atomic E-state index is 11.0. The predicted octanol–water partition coefficient (Wildman–Crippen LogP) is 5.58. The van der Waals surface area contributed by atoms with E-state index in [0.717, 1.165) is 65.0 Å². The van der Waals surface area contributed by atoms with Gasteiger partial charge < -0.3 is 9.47 Å². The molecule has 0 unspecified atom stereocenters. The maximum absolute atomic E-state index is 11.0. The van der Waals surface area contributed by atoms with Gasteiger partial charge in [0.1, 0.15) is 11.3 Å². The maximum Gasteiger partial charge on any atom is 0.330 e. The summed E-state index contributed by atoms with van der Waals surface area (Å²) in [6.45, 7) is 8.47. The molecular weight excluding hydrogens is 376 g/mol. The number of aryl methyl sites for hydroxylation is 2. The fourth-order valence-electron chi connectivity index (χ4n) is 3.28. The summed E-state index contributed by atoms with van der Waals surface area (Å²) in [5.74, 6) is 0.399. The van der Waals surface area contributed by atoms with E-state index in [1.165, 1.54) is 6.08 Å². The molecule has 5 heteroatoms. The number of fused-ring (bicyclic) bond motifs is 1. The molecular formula is C25H28N2O3. The molecule has 1 heterocycles. The number of carbonyl (C=O) groups is 1. The van der Waals surface area contributed by atoms with Crippen molar-refractivity contribution in [3.05, 3.63) is 66.4 Å². The summed E-state index contributed by atoms with van der Waals surface area (Å²) < 4.78 is 11.0. The molecule has 0 fully saturated rings. The second kappa shape index (κ2) is 10.5. The van der Waals surface area contributed by atoms with E-state index in [-0.39, 0.29) is 5.97 Å². The quantitative estimate of drug-likeness (QED) is 0.251. The van der Waals surface area contributed by atoms with Gasteiger partial charge in [0.05, 0.1) is 30.1 Å². The highest BCUT2D eigenvalue weighted by Crippen LogP contribution is 2.30. The molecule has 0 aliphatic carbocycles. The fraction of sp³-hybridized carbons (Fsp3) is 0.320. The third-order valence-electron chi connectivity index (χ3n) is 4.92. The van der Waals surface area contributed by atoms with Crippen LogP contribution in [-0.2, 0) is 9.53 Å². The van der Waals surface area contributed by atoms with Gasteiger partial charge in [-0.05, 0) is 51.2 Å². The van der Waals surface area contributed by atoms with Crippen LogP contribution in [0.5, 0.6) is 5.75 Å². The SMILES string of the molecule is C=CC(=O)OCCCCCCOc1ccc(C)c2nc(C)c(-c3ccccc3)nc12. The van der Waals surface area contributed by atoms with Gasteiger partial charge in [-0.25, -0.2) is 14.8 Å². The zero-order valence-corrected chi connectivity index (χ0v) is 17.7. The summed E-state index contributed by atoms with van der Waals surface area (Å²) in [6.07, 6.45) is 4.95. The molecule has 0 saturated heterocycles. The van der Waals surface area contributed by atoms with Crippen molar-refractivity contribution in [2.75, 3.05) is 13.2 Å². The predicted molar refractivity (Wildman–Crippen MR) is 120 cm³/mol. The van der Waals surface area contributed by atoms with Gasteiger partial charge in [0.25, 0.3) is 0 Å². The third-order valence-corrected chi connectivity index (χ3v) is 4.92. The van der Waals surface area contributed by atoms with Gasteiger partial charge in [-0.15, -0.1) is 0 Å². The lowest BCUT2D eigenvalue weighted by atomic mass is 10.1. The molecule has 0 saturated carbocycles. The van der Waals surface area contributed by atoms with Gasteiger partial charge in [0.2, 0.25) is 0 Å². The molecule has 0 N–H and O–H groups in total. The molecule has 30 heavy (non-hydrogen) atoms. The van der Waals surface area contributed by atoms with Gasteiger partial charge >= 0.3 is 5.97 Å². The van der Waals surface area contributed by atoms with Crippen molar-refractivity contribution in [2.24, 2.45) is 0 Å². The van der Waals surface area contributed by atoms with E-state index in [9.17, 15) is 4.79 Å². The Balaban J connectivity index is 1.64. The van der Waals surface area contributed by atoms with E-state index in [0.29, 0.717) is 13.2 Å². The Morgan fingerprint density at radius 1 is 0.933 bits per heavy atom. The minimum atomic E-state index is -0.365. The summed E-state index contributed by atoms with van der Waals surface area (Å²) in [5.41, 5.74) is 5.61. The van der Waals surface area contributed by atoms with E-state index in [1.54, 1.807) is 0 Å². The first-order valence-corrected chi connectivity index (χ1v) is 10.4. The van der Waals surface area contributed by atoms with Crippen LogP contribution in [0.25, 0.3) is 22.3 Å². The van der Waals surface area contributed by atoms with Crippen molar-refractivity contribution >= 4 is 17.0 Å². The molecule has 0 radical (unpaired) electrons. The molecule has 0 aliphatic heterocycles. The lowest BCUT2D eigenvalue weighted by Crippen LogP contribution is -2.03. The average molecular weight is 405 g/mol. The second-order valence-corrected chi connectivity index (χ2v) is 7.24. The lowest BCUT2D eigenvalue weighted by molar-refractivity contribution is -0.137. The van der Waals surface area contributed by atoms with Crippen molar-refractivity contribution in [1.82, 2.24) is 9.97 Å². The van der Waals surface area contributed by atoms with E-state index >= 15 is 0 Å². The fourth-order valence-corrected chi connectivity index (χ4v) is 3.28. The number of hydrogen-bond acceptors (Lipinski definition) is 5. The van der Waals surface area contributed by atoms with Crippen molar-refractivity contribution in [1.29, 1.82) is 0 Å². The Bertz CT molecular complexity index is 1020. The van der Waals surface area contributed by atoms with Crippen molar-refractivity contribution < 1.29 is 14.3 Å². The zero-order valence-electron chi connectivity index (χ0n) is 17.7. The summed E-state index contributed by atoms with van der Waals surface area (Å²) in [4.78, 5) is 20.7. The van der Waals surface area contributed by atoms with Crippen LogP contribution in [0.15, 0.2) is 55.1 Å². The molecule has 5 nitrogen and oxygen atoms in total. The molecule has 3 rings (SSSR count). The number of hydrogen-bond donors (Lipinski definition) is 0. The topological polar surface area (TPSA) is 61.3 Å². The Hall–Kier alpha value is -3.21. The summed E-state index contributed by atoms with van der Waals surface area (Å²) in [5, 5.41) is 0. The van der Waals surface area contributed by atoms with Crippen molar-refractivity contribution in [2.45, 2.75) is 39.5 Å². The third kappa shape index (κ3) is 5.44. The Labute approximate surface area is 177 Å². The monoisotopic (exact) mass is 404 g/mol. The van der Waals surface area contributed by atoms with Crippen LogP contribution in [0.4, 0.5) is 0 Å². The number of unbranched alkanes of at least 4 members (excludes halogenated alkanes) is 3. The van der Waals surface area contributed by atoms with Crippen LogP contribution in [0.2, 0.25) is 0 Å². The number of nitrogens with zero attached hydrogens (tertiary/aromatic N) is 2. The summed E-state index contributed by atoms with van der Waals surface area (Å²) in [6, 6.07) is 14.1. The highest BCUT2D eigenvalue weighted by Gasteiger charge is 2.13. The minimum absolute atomic E-state index is 0.365. The second-order valence-electron chi connectivity index (χ2n) is 7.24. The normalized spacial score (nSPS) is 10.7. The Kier molecular flexibility index (Phi) is 7.55. The molecule has 0 aliphatic rings. The number of ether oxygens (including phenoxy) is 2. The number of aromatic nitrogens is 2. The Morgan fingerprint density at radius 3 is 2.40 bits per heavy atom. The van der Waals surface area contributed by atoms with Gasteiger partial charge in [-0.2, -0.15) is 0 Å². The number of esters is 1.